The average molecular weight is 367 g/mol. The molecule has 1 aliphatic heterocycles. The van der Waals surface area contributed by atoms with E-state index in [4.69, 9.17) is 4.42 Å². The van der Waals surface area contributed by atoms with Crippen LogP contribution in [0, 0.1) is 0 Å². The van der Waals surface area contributed by atoms with Crippen LogP contribution in [0.5, 0.6) is 0 Å². The second kappa shape index (κ2) is 6.56. The fourth-order valence-corrected chi connectivity index (χ4v) is 5.23. The summed E-state index contributed by atoms with van der Waals surface area (Å²) in [5, 5.41) is 10.9. The number of carbonyl (C=O) groups excluding carboxylic acids is 1. The minimum Gasteiger partial charge on any atom is -0.411 e. The van der Waals surface area contributed by atoms with Crippen LogP contribution in [-0.2, 0) is 14.6 Å². The first-order chi connectivity index (χ1) is 11.4. The zero-order valence-corrected chi connectivity index (χ0v) is 14.7. The van der Waals surface area contributed by atoms with E-state index in [1.165, 1.54) is 0 Å². The van der Waals surface area contributed by atoms with Gasteiger partial charge in [0, 0.05) is 5.56 Å². The first-order valence-corrected chi connectivity index (χ1v) is 10.2. The predicted octanol–water partition coefficient (Wildman–Crippen LogP) is 1.52. The molecule has 0 aliphatic carbocycles. The van der Waals surface area contributed by atoms with Gasteiger partial charge >= 0.3 is 0 Å². The molecule has 3 rings (SSSR count). The van der Waals surface area contributed by atoms with Gasteiger partial charge in [0.15, 0.2) is 9.84 Å². The third-order valence-corrected chi connectivity index (χ3v) is 6.42. The third kappa shape index (κ3) is 4.15. The van der Waals surface area contributed by atoms with Crippen LogP contribution in [0.25, 0.3) is 11.5 Å². The van der Waals surface area contributed by atoms with Crippen LogP contribution >= 0.6 is 11.8 Å². The Kier molecular flexibility index (Phi) is 4.64. The summed E-state index contributed by atoms with van der Waals surface area (Å²) in [5.74, 6) is 0.328. The molecule has 1 amide bonds. The SMILES string of the molecule is CC1(NC(=O)CSc2nnc(-c3ccccc3)o2)CCS(=O)(=O)C1. The van der Waals surface area contributed by atoms with Gasteiger partial charge in [-0.25, -0.2) is 8.42 Å². The van der Waals surface area contributed by atoms with Crippen LogP contribution < -0.4 is 5.32 Å². The molecule has 1 N–H and O–H groups in total. The van der Waals surface area contributed by atoms with Crippen molar-refractivity contribution in [1.82, 2.24) is 15.5 Å². The van der Waals surface area contributed by atoms with Gasteiger partial charge in [0.2, 0.25) is 11.8 Å². The molecule has 1 aromatic heterocycles. The number of aromatic nitrogens is 2. The lowest BCUT2D eigenvalue weighted by Crippen LogP contribution is -2.47. The number of hydrogen-bond acceptors (Lipinski definition) is 7. The van der Waals surface area contributed by atoms with E-state index in [2.05, 4.69) is 15.5 Å². The van der Waals surface area contributed by atoms with Gasteiger partial charge in [0.25, 0.3) is 5.22 Å². The van der Waals surface area contributed by atoms with Gasteiger partial charge < -0.3 is 9.73 Å². The molecule has 128 valence electrons. The van der Waals surface area contributed by atoms with Crippen molar-refractivity contribution < 1.29 is 17.6 Å². The van der Waals surface area contributed by atoms with Crippen molar-refractivity contribution in [2.24, 2.45) is 0 Å². The Morgan fingerprint density at radius 2 is 2.08 bits per heavy atom. The van der Waals surface area contributed by atoms with Crippen LogP contribution in [0.15, 0.2) is 40.0 Å². The molecule has 2 heterocycles. The Balaban J connectivity index is 1.55. The second-order valence-corrected chi connectivity index (χ2v) is 9.09. The molecular weight excluding hydrogens is 350 g/mol. The lowest BCUT2D eigenvalue weighted by molar-refractivity contribution is -0.120. The van der Waals surface area contributed by atoms with Gasteiger partial charge in [-0.15, -0.1) is 10.2 Å². The number of benzene rings is 1. The molecule has 0 radical (unpaired) electrons. The molecule has 1 aliphatic rings. The molecule has 1 saturated heterocycles. The first-order valence-electron chi connectivity index (χ1n) is 7.38. The number of rotatable bonds is 5. The van der Waals surface area contributed by atoms with Gasteiger partial charge in [-0.2, -0.15) is 0 Å². The normalized spacial score (nSPS) is 22.4. The third-order valence-electron chi connectivity index (χ3n) is 3.70. The van der Waals surface area contributed by atoms with Gasteiger partial charge in [-0.05, 0) is 25.5 Å². The summed E-state index contributed by atoms with van der Waals surface area (Å²) in [5.41, 5.74) is 0.116. The number of carbonyl (C=O) groups is 1. The van der Waals surface area contributed by atoms with Crippen LogP contribution in [0.2, 0.25) is 0 Å². The molecule has 1 unspecified atom stereocenters. The van der Waals surface area contributed by atoms with E-state index in [1.54, 1.807) is 6.92 Å². The van der Waals surface area contributed by atoms with Crippen LogP contribution in [0.4, 0.5) is 0 Å². The Labute approximate surface area is 144 Å². The molecule has 1 atom stereocenters. The van der Waals surface area contributed by atoms with Crippen molar-refractivity contribution in [3.8, 4) is 11.5 Å². The highest BCUT2D eigenvalue weighted by Gasteiger charge is 2.39. The fraction of sp³-hybridized carbons (Fsp3) is 0.400. The van der Waals surface area contributed by atoms with Crippen molar-refractivity contribution in [3.05, 3.63) is 30.3 Å². The van der Waals surface area contributed by atoms with Crippen molar-refractivity contribution in [3.63, 3.8) is 0 Å². The van der Waals surface area contributed by atoms with Gasteiger partial charge in [-0.3, -0.25) is 4.79 Å². The molecule has 24 heavy (non-hydrogen) atoms. The quantitative estimate of drug-likeness (QED) is 0.799. The molecule has 1 fully saturated rings. The summed E-state index contributed by atoms with van der Waals surface area (Å²) in [6.07, 6.45) is 0.435. The predicted molar refractivity (Wildman–Crippen MR) is 90.3 cm³/mol. The lowest BCUT2D eigenvalue weighted by atomic mass is 10.0. The monoisotopic (exact) mass is 367 g/mol. The minimum atomic E-state index is -3.06. The van der Waals surface area contributed by atoms with E-state index >= 15 is 0 Å². The average Bonchev–Trinajstić information content (AvgIpc) is 3.10. The maximum atomic E-state index is 12.0. The maximum Gasteiger partial charge on any atom is 0.277 e. The lowest BCUT2D eigenvalue weighted by Gasteiger charge is -2.23. The smallest absolute Gasteiger partial charge is 0.277 e. The van der Waals surface area contributed by atoms with Gasteiger partial charge in [0.1, 0.15) is 0 Å². The molecule has 2 aromatic rings. The Morgan fingerprint density at radius 1 is 1.33 bits per heavy atom. The Morgan fingerprint density at radius 3 is 2.75 bits per heavy atom. The molecule has 1 aromatic carbocycles. The van der Waals surface area contributed by atoms with Crippen molar-refractivity contribution in [2.45, 2.75) is 24.1 Å². The van der Waals surface area contributed by atoms with E-state index < -0.39 is 15.4 Å². The molecule has 9 heteroatoms. The van der Waals surface area contributed by atoms with E-state index in [1.807, 2.05) is 30.3 Å². The Hall–Kier alpha value is -1.87. The summed E-state index contributed by atoms with van der Waals surface area (Å²) in [7, 11) is -3.06. The number of nitrogens with zero attached hydrogens (tertiary/aromatic N) is 2. The maximum absolute atomic E-state index is 12.0. The summed E-state index contributed by atoms with van der Waals surface area (Å²) < 4.78 is 28.6. The fourth-order valence-electron chi connectivity index (χ4n) is 2.57. The van der Waals surface area contributed by atoms with Crippen molar-refractivity contribution in [1.29, 1.82) is 0 Å². The zero-order valence-electron chi connectivity index (χ0n) is 13.1. The standard InChI is InChI=1S/C15H17N3O4S2/c1-15(7-8-24(20,21)10-15)16-12(19)9-23-14-18-17-13(22-14)11-5-3-2-4-6-11/h2-6H,7-10H2,1H3,(H,16,19). The van der Waals surface area contributed by atoms with E-state index in [0.29, 0.717) is 17.5 Å². The number of hydrogen-bond donors (Lipinski definition) is 1. The van der Waals surface area contributed by atoms with E-state index in [0.717, 1.165) is 17.3 Å². The van der Waals surface area contributed by atoms with Crippen molar-refractivity contribution >= 4 is 27.5 Å². The summed E-state index contributed by atoms with van der Waals surface area (Å²) in [6.45, 7) is 1.75. The molecule has 0 saturated carbocycles. The van der Waals surface area contributed by atoms with E-state index in [9.17, 15) is 13.2 Å². The highest BCUT2D eigenvalue weighted by atomic mass is 32.2. The molecule has 0 spiro atoms. The molecule has 7 nitrogen and oxygen atoms in total. The van der Waals surface area contributed by atoms with Crippen LogP contribution in [0.3, 0.4) is 0 Å². The molecular formula is C15H17N3O4S2. The topological polar surface area (TPSA) is 102 Å². The second-order valence-electron chi connectivity index (χ2n) is 5.98. The highest BCUT2D eigenvalue weighted by molar-refractivity contribution is 7.99. The largest absolute Gasteiger partial charge is 0.411 e. The highest BCUT2D eigenvalue weighted by Crippen LogP contribution is 2.25. The number of sulfone groups is 1. The minimum absolute atomic E-state index is 0.0187. The summed E-state index contributed by atoms with van der Waals surface area (Å²) in [6, 6.07) is 9.35. The summed E-state index contributed by atoms with van der Waals surface area (Å²) in [4.78, 5) is 12.0. The molecule has 0 bridgehead atoms. The summed E-state index contributed by atoms with van der Waals surface area (Å²) >= 11 is 1.12. The first kappa shape index (κ1) is 17.0. The number of amides is 1. The number of thioether (sulfide) groups is 1. The van der Waals surface area contributed by atoms with Gasteiger partial charge in [-0.1, -0.05) is 30.0 Å². The van der Waals surface area contributed by atoms with Gasteiger partial charge in [0.05, 0.1) is 22.8 Å². The van der Waals surface area contributed by atoms with Crippen LogP contribution in [-0.4, -0.2) is 47.3 Å². The van der Waals surface area contributed by atoms with E-state index in [-0.39, 0.29) is 23.2 Å². The van der Waals surface area contributed by atoms with Crippen LogP contribution in [0.1, 0.15) is 13.3 Å². The Bertz CT molecular complexity index is 835. The zero-order chi connectivity index (χ0) is 17.2. The number of nitrogens with one attached hydrogen (secondary N) is 1. The van der Waals surface area contributed by atoms with Crippen molar-refractivity contribution in [2.75, 3.05) is 17.3 Å².